The molecule has 4 heteroatoms. The van der Waals surface area contributed by atoms with Gasteiger partial charge < -0.3 is 19.9 Å². The number of hydrogen-bond acceptors (Lipinski definition) is 4. The summed E-state index contributed by atoms with van der Waals surface area (Å²) in [6.07, 6.45) is 0.835. The third kappa shape index (κ3) is 3.65. The lowest BCUT2D eigenvalue weighted by Gasteiger charge is -2.16. The Morgan fingerprint density at radius 2 is 1.65 bits per heavy atom. The standard InChI is InChI=1S/C22H21NO3/c23-14-18(17-9-10-21-22(13-17)25-15-24-21)11-16-5-4-8-20(12-16)26-19-6-2-1-3-7-19/h1-10,12-13,18H,11,14-15,23H2. The molecular weight excluding hydrogens is 326 g/mol. The molecule has 3 aromatic carbocycles. The zero-order chi connectivity index (χ0) is 17.8. The third-order valence-corrected chi connectivity index (χ3v) is 4.51. The summed E-state index contributed by atoms with van der Waals surface area (Å²) in [7, 11) is 0. The van der Waals surface area contributed by atoms with Gasteiger partial charge in [0, 0.05) is 5.92 Å². The molecule has 0 fully saturated rings. The van der Waals surface area contributed by atoms with E-state index in [2.05, 4.69) is 18.2 Å². The first-order chi connectivity index (χ1) is 12.8. The van der Waals surface area contributed by atoms with Gasteiger partial charge in [0.1, 0.15) is 11.5 Å². The van der Waals surface area contributed by atoms with Crippen molar-refractivity contribution in [2.75, 3.05) is 13.3 Å². The summed E-state index contributed by atoms with van der Waals surface area (Å²) >= 11 is 0. The average Bonchev–Trinajstić information content (AvgIpc) is 3.15. The molecule has 3 aromatic rings. The summed E-state index contributed by atoms with van der Waals surface area (Å²) in [5, 5.41) is 0. The van der Waals surface area contributed by atoms with E-state index in [0.717, 1.165) is 35.0 Å². The van der Waals surface area contributed by atoms with Gasteiger partial charge in [0.15, 0.2) is 11.5 Å². The number of benzene rings is 3. The van der Waals surface area contributed by atoms with Crippen LogP contribution in [0.4, 0.5) is 0 Å². The first kappa shape index (κ1) is 16.5. The molecule has 0 bridgehead atoms. The Balaban J connectivity index is 1.51. The lowest BCUT2D eigenvalue weighted by atomic mass is 9.91. The van der Waals surface area contributed by atoms with Gasteiger partial charge in [-0.25, -0.2) is 0 Å². The molecule has 4 rings (SSSR count). The van der Waals surface area contributed by atoms with Crippen LogP contribution in [0.5, 0.6) is 23.0 Å². The maximum Gasteiger partial charge on any atom is 0.231 e. The van der Waals surface area contributed by atoms with Crippen LogP contribution in [0.25, 0.3) is 0 Å². The molecule has 26 heavy (non-hydrogen) atoms. The van der Waals surface area contributed by atoms with Crippen LogP contribution in [0.1, 0.15) is 17.0 Å². The van der Waals surface area contributed by atoms with E-state index >= 15 is 0 Å². The first-order valence-electron chi connectivity index (χ1n) is 8.73. The lowest BCUT2D eigenvalue weighted by molar-refractivity contribution is 0.174. The minimum atomic E-state index is 0.205. The van der Waals surface area contributed by atoms with Crippen molar-refractivity contribution in [1.82, 2.24) is 0 Å². The van der Waals surface area contributed by atoms with Gasteiger partial charge in [0.25, 0.3) is 0 Å². The largest absolute Gasteiger partial charge is 0.457 e. The Bertz CT molecular complexity index is 880. The molecule has 0 aliphatic carbocycles. The van der Waals surface area contributed by atoms with Crippen molar-refractivity contribution in [2.45, 2.75) is 12.3 Å². The zero-order valence-corrected chi connectivity index (χ0v) is 14.4. The van der Waals surface area contributed by atoms with Crippen LogP contribution in [0.15, 0.2) is 72.8 Å². The highest BCUT2D eigenvalue weighted by molar-refractivity contribution is 5.46. The van der Waals surface area contributed by atoms with E-state index in [1.165, 1.54) is 5.56 Å². The maximum atomic E-state index is 6.06. The third-order valence-electron chi connectivity index (χ3n) is 4.51. The number of hydrogen-bond donors (Lipinski definition) is 1. The van der Waals surface area contributed by atoms with Crippen molar-refractivity contribution in [2.24, 2.45) is 5.73 Å². The van der Waals surface area contributed by atoms with Crippen molar-refractivity contribution >= 4 is 0 Å². The van der Waals surface area contributed by atoms with E-state index < -0.39 is 0 Å². The maximum absolute atomic E-state index is 6.06. The van der Waals surface area contributed by atoms with Gasteiger partial charge in [-0.1, -0.05) is 36.4 Å². The van der Waals surface area contributed by atoms with E-state index in [0.29, 0.717) is 6.54 Å². The summed E-state index contributed by atoms with van der Waals surface area (Å²) in [4.78, 5) is 0. The first-order valence-corrected chi connectivity index (χ1v) is 8.73. The molecule has 0 saturated carbocycles. The van der Waals surface area contributed by atoms with Crippen LogP contribution >= 0.6 is 0 Å². The van der Waals surface area contributed by atoms with Crippen molar-refractivity contribution in [3.05, 3.63) is 83.9 Å². The predicted molar refractivity (Wildman–Crippen MR) is 101 cm³/mol. The molecule has 4 nitrogen and oxygen atoms in total. The number of fused-ring (bicyclic) bond motifs is 1. The fourth-order valence-corrected chi connectivity index (χ4v) is 3.15. The Kier molecular flexibility index (Phi) is 4.75. The summed E-state index contributed by atoms with van der Waals surface area (Å²) in [5.74, 6) is 3.45. The fraction of sp³-hybridized carbons (Fsp3) is 0.182. The van der Waals surface area contributed by atoms with Crippen LogP contribution in [0, 0.1) is 0 Å². The van der Waals surface area contributed by atoms with Gasteiger partial charge in [-0.15, -0.1) is 0 Å². The molecule has 0 saturated heterocycles. The van der Waals surface area contributed by atoms with E-state index in [1.54, 1.807) is 0 Å². The fourth-order valence-electron chi connectivity index (χ4n) is 3.15. The van der Waals surface area contributed by atoms with E-state index in [4.69, 9.17) is 19.9 Å². The van der Waals surface area contributed by atoms with E-state index in [1.807, 2.05) is 54.6 Å². The average molecular weight is 347 g/mol. The Morgan fingerprint density at radius 3 is 2.50 bits per heavy atom. The van der Waals surface area contributed by atoms with E-state index in [-0.39, 0.29) is 12.7 Å². The van der Waals surface area contributed by atoms with Crippen LogP contribution in [-0.2, 0) is 6.42 Å². The normalized spacial score (nSPS) is 13.4. The van der Waals surface area contributed by atoms with Gasteiger partial charge in [-0.05, 0) is 60.5 Å². The Labute approximate surface area is 153 Å². The summed E-state index contributed by atoms with van der Waals surface area (Å²) < 4.78 is 16.8. The Morgan fingerprint density at radius 1 is 0.846 bits per heavy atom. The van der Waals surface area contributed by atoms with Gasteiger partial charge in [0.2, 0.25) is 6.79 Å². The predicted octanol–water partition coefficient (Wildman–Crippen LogP) is 4.49. The molecule has 1 atom stereocenters. The smallest absolute Gasteiger partial charge is 0.231 e. The molecule has 0 radical (unpaired) electrons. The zero-order valence-electron chi connectivity index (χ0n) is 14.4. The minimum Gasteiger partial charge on any atom is -0.457 e. The molecule has 2 N–H and O–H groups in total. The topological polar surface area (TPSA) is 53.7 Å². The molecule has 1 aliphatic heterocycles. The van der Waals surface area contributed by atoms with Crippen molar-refractivity contribution in [1.29, 1.82) is 0 Å². The quantitative estimate of drug-likeness (QED) is 0.714. The molecule has 132 valence electrons. The highest BCUT2D eigenvalue weighted by Gasteiger charge is 2.18. The second kappa shape index (κ2) is 7.50. The van der Waals surface area contributed by atoms with Crippen molar-refractivity contribution < 1.29 is 14.2 Å². The molecule has 0 amide bonds. The van der Waals surface area contributed by atoms with Crippen molar-refractivity contribution in [3.8, 4) is 23.0 Å². The molecule has 1 aliphatic rings. The number of ether oxygens (including phenoxy) is 3. The molecule has 1 unspecified atom stereocenters. The molecular formula is C22H21NO3. The second-order valence-electron chi connectivity index (χ2n) is 6.31. The summed E-state index contributed by atoms with van der Waals surface area (Å²) in [6.45, 7) is 0.842. The van der Waals surface area contributed by atoms with Gasteiger partial charge in [-0.2, -0.15) is 0 Å². The highest BCUT2D eigenvalue weighted by Crippen LogP contribution is 2.35. The number of rotatable bonds is 6. The summed E-state index contributed by atoms with van der Waals surface area (Å²) in [6, 6.07) is 24.0. The van der Waals surface area contributed by atoms with Crippen LogP contribution < -0.4 is 19.9 Å². The highest BCUT2D eigenvalue weighted by atomic mass is 16.7. The number of para-hydroxylation sites is 1. The minimum absolute atomic E-state index is 0.205. The SMILES string of the molecule is NCC(Cc1cccc(Oc2ccccc2)c1)c1ccc2c(c1)OCO2. The summed E-state index contributed by atoms with van der Waals surface area (Å²) in [5.41, 5.74) is 8.40. The molecule has 0 aromatic heterocycles. The molecule has 0 spiro atoms. The second-order valence-corrected chi connectivity index (χ2v) is 6.31. The lowest BCUT2D eigenvalue weighted by Crippen LogP contribution is -2.15. The van der Waals surface area contributed by atoms with Crippen LogP contribution in [0.2, 0.25) is 0 Å². The van der Waals surface area contributed by atoms with Gasteiger partial charge in [0.05, 0.1) is 0 Å². The van der Waals surface area contributed by atoms with Gasteiger partial charge >= 0.3 is 0 Å². The van der Waals surface area contributed by atoms with Crippen LogP contribution in [-0.4, -0.2) is 13.3 Å². The van der Waals surface area contributed by atoms with E-state index in [9.17, 15) is 0 Å². The van der Waals surface area contributed by atoms with Crippen LogP contribution in [0.3, 0.4) is 0 Å². The van der Waals surface area contributed by atoms with Crippen molar-refractivity contribution in [3.63, 3.8) is 0 Å². The monoisotopic (exact) mass is 347 g/mol. The molecule has 1 heterocycles. The number of nitrogens with two attached hydrogens (primary N) is 1. The van der Waals surface area contributed by atoms with Gasteiger partial charge in [-0.3, -0.25) is 0 Å². The Hall–Kier alpha value is -2.98.